The molecule has 0 unspecified atom stereocenters. The molecule has 1 heterocycles. The number of aromatic nitrogens is 2. The van der Waals surface area contributed by atoms with Gasteiger partial charge in [0.05, 0.1) is 6.54 Å². The minimum atomic E-state index is 0.819. The Morgan fingerprint density at radius 3 is 2.88 bits per heavy atom. The van der Waals surface area contributed by atoms with Crippen LogP contribution in [0.15, 0.2) is 42.7 Å². The summed E-state index contributed by atoms with van der Waals surface area (Å²) in [6.07, 6.45) is 4.93. The summed E-state index contributed by atoms with van der Waals surface area (Å²) in [5.41, 5.74) is 2.49. The Hall–Kier alpha value is -1.77. The molecule has 0 aliphatic rings. The second-order valence-electron chi connectivity index (χ2n) is 3.79. The van der Waals surface area contributed by atoms with Gasteiger partial charge in [0.2, 0.25) is 0 Å². The Balaban J connectivity index is 2.13. The van der Waals surface area contributed by atoms with E-state index in [-0.39, 0.29) is 0 Å². The average Bonchev–Trinajstić information content (AvgIpc) is 2.81. The van der Waals surface area contributed by atoms with Gasteiger partial charge < -0.3 is 5.32 Å². The summed E-state index contributed by atoms with van der Waals surface area (Å²) in [6.45, 7) is 4.00. The monoisotopic (exact) mass is 215 g/mol. The molecule has 1 aromatic carbocycles. The van der Waals surface area contributed by atoms with Gasteiger partial charge in [0.15, 0.2) is 0 Å². The van der Waals surface area contributed by atoms with Crippen molar-refractivity contribution in [3.05, 3.63) is 48.3 Å². The largest absolute Gasteiger partial charge is 0.385 e. The van der Waals surface area contributed by atoms with E-state index in [1.807, 2.05) is 23.1 Å². The highest BCUT2D eigenvalue weighted by Crippen LogP contribution is 2.15. The number of benzene rings is 1. The number of nitrogens with one attached hydrogen (secondary N) is 1. The van der Waals surface area contributed by atoms with Crippen LogP contribution in [0.4, 0.5) is 5.69 Å². The molecule has 3 heteroatoms. The van der Waals surface area contributed by atoms with E-state index >= 15 is 0 Å². The Morgan fingerprint density at radius 2 is 2.12 bits per heavy atom. The van der Waals surface area contributed by atoms with E-state index in [9.17, 15) is 0 Å². The van der Waals surface area contributed by atoms with Crippen molar-refractivity contribution in [2.75, 3.05) is 11.9 Å². The molecule has 0 aliphatic carbocycles. The summed E-state index contributed by atoms with van der Waals surface area (Å²) < 4.78 is 1.94. The molecule has 16 heavy (non-hydrogen) atoms. The van der Waals surface area contributed by atoms with Crippen LogP contribution in [0.3, 0.4) is 0 Å². The zero-order chi connectivity index (χ0) is 11.2. The van der Waals surface area contributed by atoms with E-state index in [0.29, 0.717) is 0 Å². The topological polar surface area (TPSA) is 29.9 Å². The minimum absolute atomic E-state index is 0.819. The van der Waals surface area contributed by atoms with Gasteiger partial charge in [0, 0.05) is 24.6 Å². The van der Waals surface area contributed by atoms with E-state index < -0.39 is 0 Å². The van der Waals surface area contributed by atoms with Gasteiger partial charge in [-0.1, -0.05) is 25.1 Å². The molecule has 0 saturated carbocycles. The smallest absolute Gasteiger partial charge is 0.0679 e. The van der Waals surface area contributed by atoms with Crippen molar-refractivity contribution in [2.24, 2.45) is 0 Å². The third-order valence-corrected chi connectivity index (χ3v) is 2.47. The van der Waals surface area contributed by atoms with Crippen molar-refractivity contribution in [3.63, 3.8) is 0 Å². The lowest BCUT2D eigenvalue weighted by Gasteiger charge is -2.11. The van der Waals surface area contributed by atoms with E-state index in [1.165, 1.54) is 11.3 Å². The fourth-order valence-electron chi connectivity index (χ4n) is 1.66. The number of rotatable bonds is 5. The number of nitrogens with zero attached hydrogens (tertiary/aromatic N) is 2. The highest BCUT2D eigenvalue weighted by molar-refractivity contribution is 5.51. The lowest BCUT2D eigenvalue weighted by atomic mass is 10.1. The Labute approximate surface area is 96.1 Å². The second-order valence-corrected chi connectivity index (χ2v) is 3.79. The molecule has 0 amide bonds. The molecule has 0 aliphatic heterocycles. The first-order valence-corrected chi connectivity index (χ1v) is 5.69. The first kappa shape index (κ1) is 10.7. The molecule has 0 spiro atoms. The fraction of sp³-hybridized carbons (Fsp3) is 0.308. The summed E-state index contributed by atoms with van der Waals surface area (Å²) in [4.78, 5) is 0. The quantitative estimate of drug-likeness (QED) is 0.831. The van der Waals surface area contributed by atoms with Gasteiger partial charge in [-0.2, -0.15) is 5.10 Å². The van der Waals surface area contributed by atoms with Crippen molar-refractivity contribution < 1.29 is 0 Å². The van der Waals surface area contributed by atoms with Crippen LogP contribution in [0.1, 0.15) is 18.9 Å². The van der Waals surface area contributed by atoms with Crippen molar-refractivity contribution in [1.82, 2.24) is 9.78 Å². The lowest BCUT2D eigenvalue weighted by Crippen LogP contribution is -2.06. The Kier molecular flexibility index (Phi) is 3.59. The average molecular weight is 215 g/mol. The first-order valence-electron chi connectivity index (χ1n) is 5.69. The maximum atomic E-state index is 4.22. The molecule has 84 valence electrons. The van der Waals surface area contributed by atoms with Crippen LogP contribution >= 0.6 is 0 Å². The Morgan fingerprint density at radius 1 is 1.25 bits per heavy atom. The summed E-state index contributed by atoms with van der Waals surface area (Å²) in [5, 5.41) is 7.66. The highest BCUT2D eigenvalue weighted by atomic mass is 15.3. The van der Waals surface area contributed by atoms with E-state index in [1.54, 1.807) is 0 Å². The molecule has 1 N–H and O–H groups in total. The molecule has 3 nitrogen and oxygen atoms in total. The van der Waals surface area contributed by atoms with Crippen LogP contribution < -0.4 is 5.32 Å². The van der Waals surface area contributed by atoms with Gasteiger partial charge in [-0.3, -0.25) is 4.68 Å². The molecular formula is C13H17N3. The molecule has 0 saturated heterocycles. The number of anilines is 1. The van der Waals surface area contributed by atoms with Crippen LogP contribution in [0.5, 0.6) is 0 Å². The highest BCUT2D eigenvalue weighted by Gasteiger charge is 2.01. The molecule has 2 rings (SSSR count). The summed E-state index contributed by atoms with van der Waals surface area (Å²) >= 11 is 0. The lowest BCUT2D eigenvalue weighted by molar-refractivity contribution is 0.687. The number of hydrogen-bond donors (Lipinski definition) is 1. The molecule has 0 atom stereocenters. The van der Waals surface area contributed by atoms with Crippen molar-refractivity contribution in [1.29, 1.82) is 0 Å². The maximum Gasteiger partial charge on any atom is 0.0679 e. The van der Waals surface area contributed by atoms with Crippen LogP contribution in [-0.4, -0.2) is 16.3 Å². The molecule has 0 radical (unpaired) electrons. The summed E-state index contributed by atoms with van der Waals surface area (Å²) in [5.74, 6) is 0. The van der Waals surface area contributed by atoms with E-state index in [0.717, 1.165) is 19.5 Å². The van der Waals surface area contributed by atoms with Gasteiger partial charge >= 0.3 is 0 Å². The molecular weight excluding hydrogens is 198 g/mol. The van der Waals surface area contributed by atoms with Crippen LogP contribution in [0.2, 0.25) is 0 Å². The second kappa shape index (κ2) is 5.35. The van der Waals surface area contributed by atoms with Crippen LogP contribution in [-0.2, 0) is 6.54 Å². The molecule has 0 fully saturated rings. The number of para-hydroxylation sites is 1. The van der Waals surface area contributed by atoms with Gasteiger partial charge in [-0.25, -0.2) is 0 Å². The van der Waals surface area contributed by atoms with E-state index in [4.69, 9.17) is 0 Å². The van der Waals surface area contributed by atoms with E-state index in [2.05, 4.69) is 41.6 Å². The van der Waals surface area contributed by atoms with Gasteiger partial charge in [0.25, 0.3) is 0 Å². The molecule has 1 aromatic heterocycles. The normalized spacial score (nSPS) is 10.3. The standard InChI is InChI=1S/C13H17N3/c1-2-8-14-13-7-4-3-6-12(13)11-16-10-5-9-15-16/h3-7,9-10,14H,2,8,11H2,1H3. The van der Waals surface area contributed by atoms with Gasteiger partial charge in [0.1, 0.15) is 0 Å². The van der Waals surface area contributed by atoms with Crippen molar-refractivity contribution in [3.8, 4) is 0 Å². The van der Waals surface area contributed by atoms with Gasteiger partial charge in [-0.05, 0) is 24.1 Å². The first-order chi connectivity index (χ1) is 7.90. The zero-order valence-corrected chi connectivity index (χ0v) is 9.56. The SMILES string of the molecule is CCCNc1ccccc1Cn1cccn1. The van der Waals surface area contributed by atoms with Crippen LogP contribution in [0.25, 0.3) is 0 Å². The van der Waals surface area contributed by atoms with Crippen molar-refractivity contribution in [2.45, 2.75) is 19.9 Å². The molecule has 0 bridgehead atoms. The maximum absolute atomic E-state index is 4.22. The molecule has 2 aromatic rings. The van der Waals surface area contributed by atoms with Gasteiger partial charge in [-0.15, -0.1) is 0 Å². The fourth-order valence-corrected chi connectivity index (χ4v) is 1.66. The zero-order valence-electron chi connectivity index (χ0n) is 9.56. The predicted octanol–water partition coefficient (Wildman–Crippen LogP) is 2.75. The van der Waals surface area contributed by atoms with Crippen molar-refractivity contribution >= 4 is 5.69 Å². The Bertz CT molecular complexity index is 421. The third kappa shape index (κ3) is 2.63. The summed E-state index contributed by atoms with van der Waals surface area (Å²) in [7, 11) is 0. The van der Waals surface area contributed by atoms with Crippen LogP contribution in [0, 0.1) is 0 Å². The number of hydrogen-bond acceptors (Lipinski definition) is 2. The third-order valence-electron chi connectivity index (χ3n) is 2.47. The predicted molar refractivity (Wildman–Crippen MR) is 66.6 cm³/mol. The summed E-state index contributed by atoms with van der Waals surface area (Å²) in [6, 6.07) is 10.3. The minimum Gasteiger partial charge on any atom is -0.385 e.